The van der Waals surface area contributed by atoms with Crippen molar-refractivity contribution >= 4 is 7.87 Å². The van der Waals surface area contributed by atoms with Crippen molar-refractivity contribution < 1.29 is 24.0 Å². The molecule has 10 heavy (non-hydrogen) atoms. The largest absolute Gasteiger partial charge is 1.00 e. The fourth-order valence-corrected chi connectivity index (χ4v) is 2.01. The van der Waals surface area contributed by atoms with Gasteiger partial charge in [-0.3, -0.25) is 0 Å². The lowest BCUT2D eigenvalue weighted by atomic mass is 11.6. The molecule has 0 heterocycles. The van der Waals surface area contributed by atoms with Crippen LogP contribution in [0.1, 0.15) is 0 Å². The summed E-state index contributed by atoms with van der Waals surface area (Å²) >= 11 is 0. The topological polar surface area (TPSA) is 48.1 Å². The molecule has 0 amide bonds. The van der Waals surface area contributed by atoms with Crippen LogP contribution < -0.4 is 44.3 Å². The molecular formula is C4H16IN4P. The van der Waals surface area contributed by atoms with Crippen molar-refractivity contribution in [2.24, 2.45) is 0 Å². The van der Waals surface area contributed by atoms with Crippen molar-refractivity contribution in [3.8, 4) is 0 Å². The Morgan fingerprint density at radius 2 is 0.900 bits per heavy atom. The maximum atomic E-state index is 3.14. The quantitative estimate of drug-likeness (QED) is 0.319. The lowest BCUT2D eigenvalue weighted by Gasteiger charge is -2.20. The van der Waals surface area contributed by atoms with Crippen LogP contribution in [-0.2, 0) is 0 Å². The van der Waals surface area contributed by atoms with E-state index in [1.807, 2.05) is 28.2 Å². The summed E-state index contributed by atoms with van der Waals surface area (Å²) in [7, 11) is 6.24. The van der Waals surface area contributed by atoms with E-state index in [-0.39, 0.29) is 24.0 Å². The highest BCUT2D eigenvalue weighted by molar-refractivity contribution is 7.68. The van der Waals surface area contributed by atoms with E-state index in [0.717, 1.165) is 0 Å². The van der Waals surface area contributed by atoms with Crippen LogP contribution in [0.5, 0.6) is 0 Å². The number of rotatable bonds is 4. The van der Waals surface area contributed by atoms with Gasteiger partial charge in [-0.15, -0.1) is 20.3 Å². The van der Waals surface area contributed by atoms with E-state index in [1.165, 1.54) is 0 Å². The lowest BCUT2D eigenvalue weighted by molar-refractivity contribution is -0.00000238. The standard InChI is InChI=1S/C4H16N4P.HI/c1-5-9(6-2,7-3)8-4;/h5-8H,1-4H3;1H/q+1;/p-1. The third-order valence-electron chi connectivity index (χ3n) is 1.34. The van der Waals surface area contributed by atoms with Crippen LogP contribution in [0.2, 0.25) is 0 Å². The van der Waals surface area contributed by atoms with Crippen LogP contribution in [0.4, 0.5) is 0 Å². The molecule has 0 saturated carbocycles. The summed E-state index contributed by atoms with van der Waals surface area (Å²) in [6, 6.07) is 0. The van der Waals surface area contributed by atoms with E-state index in [1.54, 1.807) is 0 Å². The number of nitrogens with one attached hydrogen (secondary N) is 4. The van der Waals surface area contributed by atoms with Gasteiger partial charge in [0.1, 0.15) is 0 Å². The third-order valence-corrected chi connectivity index (χ3v) is 4.02. The van der Waals surface area contributed by atoms with Gasteiger partial charge in [0.05, 0.1) is 0 Å². The molecule has 0 aliphatic rings. The minimum atomic E-state index is -1.42. The summed E-state index contributed by atoms with van der Waals surface area (Å²) in [4.78, 5) is 0. The number of halogens is 1. The molecule has 0 aromatic heterocycles. The van der Waals surface area contributed by atoms with E-state index >= 15 is 0 Å². The van der Waals surface area contributed by atoms with Crippen LogP contribution in [0, 0.1) is 0 Å². The van der Waals surface area contributed by atoms with Gasteiger partial charge in [0, 0.05) is 28.2 Å². The first-order valence-corrected chi connectivity index (χ1v) is 4.68. The number of hydrogen-bond acceptors (Lipinski definition) is 4. The smallest absolute Gasteiger partial charge is 0.297 e. The highest BCUT2D eigenvalue weighted by Crippen LogP contribution is 2.36. The van der Waals surface area contributed by atoms with Crippen LogP contribution in [0.15, 0.2) is 0 Å². The maximum absolute atomic E-state index is 3.14. The Morgan fingerprint density at radius 1 is 0.700 bits per heavy atom. The van der Waals surface area contributed by atoms with Gasteiger partial charge in [-0.25, -0.2) is 0 Å². The Balaban J connectivity index is 0. The fourth-order valence-electron chi connectivity index (χ4n) is 0.671. The van der Waals surface area contributed by atoms with Crippen molar-refractivity contribution in [2.75, 3.05) is 28.2 Å². The molecule has 0 saturated heterocycles. The van der Waals surface area contributed by atoms with Gasteiger partial charge in [0.15, 0.2) is 0 Å². The monoisotopic (exact) mass is 278 g/mol. The van der Waals surface area contributed by atoms with Gasteiger partial charge in [0.25, 0.3) is 7.87 Å². The molecule has 0 fully saturated rings. The van der Waals surface area contributed by atoms with Crippen molar-refractivity contribution in [3.05, 3.63) is 0 Å². The lowest BCUT2D eigenvalue weighted by Crippen LogP contribution is -3.00. The normalized spacial score (nSPS) is 10.8. The summed E-state index contributed by atoms with van der Waals surface area (Å²) in [5.41, 5.74) is 0. The minimum Gasteiger partial charge on any atom is -1.00 e. The van der Waals surface area contributed by atoms with Gasteiger partial charge in [-0.05, 0) is 0 Å². The highest BCUT2D eigenvalue weighted by atomic mass is 127. The molecule has 4 nitrogen and oxygen atoms in total. The summed E-state index contributed by atoms with van der Waals surface area (Å²) < 4.78 is 0. The minimum absolute atomic E-state index is 0. The summed E-state index contributed by atoms with van der Waals surface area (Å²) in [6.07, 6.45) is 0. The zero-order valence-corrected chi connectivity index (χ0v) is 9.88. The molecule has 0 unspecified atom stereocenters. The second-order valence-corrected chi connectivity index (χ2v) is 4.70. The first-order valence-electron chi connectivity index (χ1n) is 2.89. The molecule has 0 aliphatic carbocycles. The zero-order valence-electron chi connectivity index (χ0n) is 6.83. The SMILES string of the molecule is CN[P+](NC)(NC)NC.[I-]. The average molecular weight is 278 g/mol. The van der Waals surface area contributed by atoms with E-state index in [2.05, 4.69) is 20.3 Å². The number of hydrogen-bond donors (Lipinski definition) is 4. The molecule has 6 heteroatoms. The summed E-state index contributed by atoms with van der Waals surface area (Å²) in [6.45, 7) is 0. The molecule has 0 aromatic carbocycles. The van der Waals surface area contributed by atoms with Crippen molar-refractivity contribution in [1.29, 1.82) is 0 Å². The van der Waals surface area contributed by atoms with Crippen LogP contribution in [0.25, 0.3) is 0 Å². The van der Waals surface area contributed by atoms with E-state index in [4.69, 9.17) is 0 Å². The highest BCUT2D eigenvalue weighted by Gasteiger charge is 2.30. The van der Waals surface area contributed by atoms with E-state index < -0.39 is 7.87 Å². The molecule has 0 bridgehead atoms. The fraction of sp³-hybridized carbons (Fsp3) is 1.00. The van der Waals surface area contributed by atoms with Crippen LogP contribution in [-0.4, -0.2) is 28.2 Å². The van der Waals surface area contributed by atoms with Crippen LogP contribution in [0.3, 0.4) is 0 Å². The van der Waals surface area contributed by atoms with Crippen molar-refractivity contribution in [1.82, 2.24) is 20.3 Å². The van der Waals surface area contributed by atoms with Gasteiger partial charge < -0.3 is 24.0 Å². The predicted molar refractivity (Wildman–Crippen MR) is 43.2 cm³/mol. The predicted octanol–water partition coefficient (Wildman–Crippen LogP) is -3.45. The molecule has 0 radical (unpaired) electrons. The molecule has 64 valence electrons. The molecule has 0 aliphatic heterocycles. The first kappa shape index (κ1) is 13.6. The summed E-state index contributed by atoms with van der Waals surface area (Å²) in [5.74, 6) is 0. The van der Waals surface area contributed by atoms with Crippen LogP contribution >= 0.6 is 7.87 Å². The van der Waals surface area contributed by atoms with Crippen molar-refractivity contribution in [2.45, 2.75) is 0 Å². The van der Waals surface area contributed by atoms with Gasteiger partial charge in [0.2, 0.25) is 0 Å². The Kier molecular flexibility index (Phi) is 9.09. The Hall–Kier alpha value is 1.00. The van der Waals surface area contributed by atoms with Crippen molar-refractivity contribution in [3.63, 3.8) is 0 Å². The Bertz CT molecular complexity index is 60.1. The third kappa shape index (κ3) is 3.41. The molecule has 0 spiro atoms. The zero-order chi connectivity index (χ0) is 7.33. The van der Waals surface area contributed by atoms with Gasteiger partial charge in [-0.2, -0.15) is 0 Å². The second-order valence-electron chi connectivity index (χ2n) is 1.57. The second kappa shape index (κ2) is 6.69. The summed E-state index contributed by atoms with van der Waals surface area (Å²) in [5, 5.41) is 12.6. The first-order chi connectivity index (χ1) is 4.24. The Labute approximate surface area is 80.5 Å². The molecule has 4 N–H and O–H groups in total. The maximum Gasteiger partial charge on any atom is 0.297 e. The molecule has 0 aromatic rings. The van der Waals surface area contributed by atoms with E-state index in [9.17, 15) is 0 Å². The van der Waals surface area contributed by atoms with E-state index in [0.29, 0.717) is 0 Å². The molecular weight excluding hydrogens is 262 g/mol. The van der Waals surface area contributed by atoms with Gasteiger partial charge in [-0.1, -0.05) is 0 Å². The molecule has 0 rings (SSSR count). The average Bonchev–Trinajstić information content (AvgIpc) is 1.95. The van der Waals surface area contributed by atoms with Gasteiger partial charge >= 0.3 is 0 Å². The Morgan fingerprint density at radius 3 is 0.900 bits per heavy atom. The molecule has 0 atom stereocenters.